The van der Waals surface area contributed by atoms with Gasteiger partial charge in [-0.1, -0.05) is 91.9 Å². The van der Waals surface area contributed by atoms with Crippen LogP contribution in [0.3, 0.4) is 0 Å². The summed E-state index contributed by atoms with van der Waals surface area (Å²) in [4.78, 5) is 51.1. The quantitative estimate of drug-likeness (QED) is 0.0325. The second-order valence-corrected chi connectivity index (χ2v) is 13.8. The van der Waals surface area contributed by atoms with Gasteiger partial charge in [0.2, 0.25) is 0 Å². The predicted molar refractivity (Wildman–Crippen MR) is 206 cm³/mol. The standard InChI is InChI=1S/C40H77N3O9/c1-5-9-11-13-15-17-23-35(7-3)51-39(47)41-27-21-33-49-37(45)25-30-43(29-19-20-32-44)31-26-38(46)50-34-22-28-42-40(48)52-36(8-4)24-18-16-14-12-10-6-2/h35-36,44H,5-34H2,1-4H3,(H,41,47)(H,42,48). The largest absolute Gasteiger partial charge is 0.466 e. The lowest BCUT2D eigenvalue weighted by atomic mass is 10.1. The van der Waals surface area contributed by atoms with Crippen molar-refractivity contribution in [1.82, 2.24) is 15.5 Å². The van der Waals surface area contributed by atoms with E-state index < -0.39 is 12.2 Å². The van der Waals surface area contributed by atoms with Gasteiger partial charge < -0.3 is 39.6 Å². The number of alkyl carbamates (subject to hydrolysis) is 2. The number of hydrogen-bond donors (Lipinski definition) is 3. The van der Waals surface area contributed by atoms with Gasteiger partial charge in [0, 0.05) is 32.8 Å². The molecule has 12 nitrogen and oxygen atoms in total. The number of carbonyl (C=O) groups is 4. The van der Waals surface area contributed by atoms with Crippen molar-refractivity contribution in [2.24, 2.45) is 0 Å². The summed E-state index contributed by atoms with van der Waals surface area (Å²) >= 11 is 0. The van der Waals surface area contributed by atoms with Crippen LogP contribution in [0.5, 0.6) is 0 Å². The molecule has 0 fully saturated rings. The molecule has 0 aromatic rings. The van der Waals surface area contributed by atoms with E-state index in [2.05, 4.69) is 24.5 Å². The van der Waals surface area contributed by atoms with E-state index in [1.54, 1.807) is 0 Å². The average Bonchev–Trinajstić information content (AvgIpc) is 3.13. The van der Waals surface area contributed by atoms with E-state index in [1.807, 2.05) is 18.7 Å². The topological polar surface area (TPSA) is 153 Å². The van der Waals surface area contributed by atoms with Crippen molar-refractivity contribution >= 4 is 24.1 Å². The number of nitrogens with one attached hydrogen (secondary N) is 2. The van der Waals surface area contributed by atoms with Gasteiger partial charge in [0.15, 0.2) is 0 Å². The van der Waals surface area contributed by atoms with Crippen LogP contribution in [0.2, 0.25) is 0 Å². The van der Waals surface area contributed by atoms with Gasteiger partial charge in [-0.3, -0.25) is 9.59 Å². The molecule has 0 heterocycles. The number of carbonyl (C=O) groups excluding carboxylic acids is 4. The number of hydrogen-bond acceptors (Lipinski definition) is 10. The Balaban J connectivity index is 4.17. The summed E-state index contributed by atoms with van der Waals surface area (Å²) in [6.45, 7) is 11.1. The third-order valence-electron chi connectivity index (χ3n) is 9.07. The van der Waals surface area contributed by atoms with Crippen LogP contribution in [-0.4, -0.2) is 98.9 Å². The first kappa shape index (κ1) is 49.4. The molecule has 12 heteroatoms. The fraction of sp³-hybridized carbons (Fsp3) is 0.900. The van der Waals surface area contributed by atoms with Crippen molar-refractivity contribution in [3.05, 3.63) is 0 Å². The number of aliphatic hydroxyl groups is 1. The molecule has 2 atom stereocenters. The van der Waals surface area contributed by atoms with E-state index in [0.717, 1.165) is 44.9 Å². The Bertz CT molecular complexity index is 813. The number of aliphatic hydroxyl groups excluding tert-OH is 1. The summed E-state index contributed by atoms with van der Waals surface area (Å²) in [6.07, 6.45) is 19.4. The minimum absolute atomic E-state index is 0.0797. The van der Waals surface area contributed by atoms with E-state index in [4.69, 9.17) is 18.9 Å². The van der Waals surface area contributed by atoms with Crippen molar-refractivity contribution in [2.45, 2.75) is 181 Å². The normalized spacial score (nSPS) is 12.3. The lowest BCUT2D eigenvalue weighted by molar-refractivity contribution is -0.144. The number of nitrogens with zero attached hydrogens (tertiary/aromatic N) is 1. The number of amides is 2. The molecule has 2 unspecified atom stereocenters. The maximum Gasteiger partial charge on any atom is 0.407 e. The van der Waals surface area contributed by atoms with Gasteiger partial charge in [0.1, 0.15) is 12.2 Å². The van der Waals surface area contributed by atoms with E-state index in [-0.39, 0.29) is 56.8 Å². The Hall–Kier alpha value is -2.60. The molecule has 0 aliphatic heterocycles. The highest BCUT2D eigenvalue weighted by Gasteiger charge is 2.15. The second kappa shape index (κ2) is 36.7. The lowest BCUT2D eigenvalue weighted by Gasteiger charge is -2.21. The van der Waals surface area contributed by atoms with Gasteiger partial charge in [-0.25, -0.2) is 9.59 Å². The van der Waals surface area contributed by atoms with Gasteiger partial charge in [-0.15, -0.1) is 0 Å². The van der Waals surface area contributed by atoms with E-state index in [1.165, 1.54) is 64.2 Å². The summed E-state index contributed by atoms with van der Waals surface area (Å²) < 4.78 is 21.8. The maximum absolute atomic E-state index is 12.4. The highest BCUT2D eigenvalue weighted by atomic mass is 16.6. The monoisotopic (exact) mass is 744 g/mol. The van der Waals surface area contributed by atoms with Crippen molar-refractivity contribution in [1.29, 1.82) is 0 Å². The number of esters is 2. The molecule has 3 N–H and O–H groups in total. The number of unbranched alkanes of at least 4 members (excludes halogenated alkanes) is 11. The van der Waals surface area contributed by atoms with Crippen LogP contribution in [0.25, 0.3) is 0 Å². The first-order valence-corrected chi connectivity index (χ1v) is 20.8. The van der Waals surface area contributed by atoms with E-state index >= 15 is 0 Å². The molecule has 2 amide bonds. The molecular weight excluding hydrogens is 666 g/mol. The molecule has 0 radical (unpaired) electrons. The molecule has 0 saturated carbocycles. The minimum Gasteiger partial charge on any atom is -0.466 e. The summed E-state index contributed by atoms with van der Waals surface area (Å²) in [5.41, 5.74) is 0. The summed E-state index contributed by atoms with van der Waals surface area (Å²) in [6, 6.07) is 0. The van der Waals surface area contributed by atoms with Crippen LogP contribution >= 0.6 is 0 Å². The van der Waals surface area contributed by atoms with Crippen molar-refractivity contribution in [2.75, 3.05) is 52.5 Å². The zero-order chi connectivity index (χ0) is 38.5. The maximum atomic E-state index is 12.4. The zero-order valence-electron chi connectivity index (χ0n) is 33.5. The van der Waals surface area contributed by atoms with Gasteiger partial charge >= 0.3 is 24.1 Å². The number of rotatable bonds is 36. The molecule has 306 valence electrons. The molecule has 0 spiro atoms. The zero-order valence-corrected chi connectivity index (χ0v) is 33.5. The number of ether oxygens (including phenoxy) is 4. The van der Waals surface area contributed by atoms with Crippen LogP contribution in [0.1, 0.15) is 169 Å². The van der Waals surface area contributed by atoms with E-state index in [9.17, 15) is 24.3 Å². The molecule has 0 aromatic heterocycles. The van der Waals surface area contributed by atoms with Crippen LogP contribution in [0.15, 0.2) is 0 Å². The lowest BCUT2D eigenvalue weighted by Crippen LogP contribution is -2.31. The average molecular weight is 744 g/mol. The van der Waals surface area contributed by atoms with Crippen molar-refractivity contribution in [3.63, 3.8) is 0 Å². The Kier molecular flexibility index (Phi) is 34.9. The third kappa shape index (κ3) is 32.1. The molecule has 0 aromatic carbocycles. The summed E-state index contributed by atoms with van der Waals surface area (Å²) in [5, 5.41) is 14.7. The van der Waals surface area contributed by atoms with Crippen molar-refractivity contribution < 1.29 is 43.2 Å². The first-order chi connectivity index (χ1) is 25.3. The fourth-order valence-electron chi connectivity index (χ4n) is 5.71. The van der Waals surface area contributed by atoms with Gasteiger partial charge in [-0.05, 0) is 70.8 Å². The van der Waals surface area contributed by atoms with Crippen molar-refractivity contribution in [3.8, 4) is 0 Å². The summed E-state index contributed by atoms with van der Waals surface area (Å²) in [5.74, 6) is -0.693. The second-order valence-electron chi connectivity index (χ2n) is 13.8. The molecule has 52 heavy (non-hydrogen) atoms. The third-order valence-corrected chi connectivity index (χ3v) is 9.07. The van der Waals surface area contributed by atoms with Crippen LogP contribution in [-0.2, 0) is 28.5 Å². The molecule has 0 aliphatic rings. The molecule has 0 bridgehead atoms. The molecule has 0 aliphatic carbocycles. The molecule has 0 saturated heterocycles. The Morgan fingerprint density at radius 2 is 0.962 bits per heavy atom. The first-order valence-electron chi connectivity index (χ1n) is 20.8. The minimum atomic E-state index is -0.433. The predicted octanol–water partition coefficient (Wildman–Crippen LogP) is 8.22. The summed E-state index contributed by atoms with van der Waals surface area (Å²) in [7, 11) is 0. The van der Waals surface area contributed by atoms with E-state index in [0.29, 0.717) is 52.0 Å². The SMILES string of the molecule is CCCCCCCCC(CC)OC(=O)NCCCOC(=O)CCN(CCCCO)CCC(=O)OCCCNC(=O)OC(CC)CCCCCCCC. The van der Waals surface area contributed by atoms with Gasteiger partial charge in [0.25, 0.3) is 0 Å². The smallest absolute Gasteiger partial charge is 0.407 e. The molecule has 0 rings (SSSR count). The van der Waals surface area contributed by atoms with Gasteiger partial charge in [0.05, 0.1) is 26.1 Å². The van der Waals surface area contributed by atoms with Crippen LogP contribution < -0.4 is 10.6 Å². The Morgan fingerprint density at radius 1 is 0.538 bits per heavy atom. The fourth-order valence-corrected chi connectivity index (χ4v) is 5.71. The van der Waals surface area contributed by atoms with Gasteiger partial charge in [-0.2, -0.15) is 0 Å². The van der Waals surface area contributed by atoms with Crippen LogP contribution in [0, 0.1) is 0 Å². The Labute approximate surface area is 316 Å². The Morgan fingerprint density at radius 3 is 1.37 bits per heavy atom. The van der Waals surface area contributed by atoms with Crippen LogP contribution in [0.4, 0.5) is 9.59 Å². The molecular formula is C40H77N3O9. The highest BCUT2D eigenvalue weighted by Crippen LogP contribution is 2.14. The highest BCUT2D eigenvalue weighted by molar-refractivity contribution is 5.70.